The quantitative estimate of drug-likeness (QED) is 0.537. The zero-order valence-electron chi connectivity index (χ0n) is 17.7. The fourth-order valence-electron chi connectivity index (χ4n) is 3.51. The van der Waals surface area contributed by atoms with Gasteiger partial charge in [0.1, 0.15) is 5.75 Å². The molecule has 10 heteroatoms. The summed E-state index contributed by atoms with van der Waals surface area (Å²) in [5, 5.41) is 3.97. The summed E-state index contributed by atoms with van der Waals surface area (Å²) in [6.07, 6.45) is 0.542. The molecule has 2 heterocycles. The van der Waals surface area contributed by atoms with Gasteiger partial charge < -0.3 is 14.2 Å². The van der Waals surface area contributed by atoms with E-state index >= 15 is 0 Å². The Bertz CT molecular complexity index is 1150. The Hall–Kier alpha value is -3.24. The van der Waals surface area contributed by atoms with Crippen molar-refractivity contribution in [2.45, 2.75) is 17.7 Å². The van der Waals surface area contributed by atoms with Crippen molar-refractivity contribution in [1.82, 2.24) is 19.3 Å². The first-order valence-corrected chi connectivity index (χ1v) is 11.7. The van der Waals surface area contributed by atoms with Gasteiger partial charge in [-0.25, -0.2) is 8.42 Å². The van der Waals surface area contributed by atoms with Crippen LogP contribution in [0.4, 0.5) is 0 Å². The van der Waals surface area contributed by atoms with Gasteiger partial charge in [0.25, 0.3) is 0 Å². The Morgan fingerprint density at radius 2 is 1.72 bits per heavy atom. The summed E-state index contributed by atoms with van der Waals surface area (Å²) in [6.45, 7) is 1.24. The number of hydrogen-bond donors (Lipinski definition) is 0. The van der Waals surface area contributed by atoms with Crippen LogP contribution in [0.1, 0.15) is 12.3 Å². The number of piperazine rings is 1. The van der Waals surface area contributed by atoms with Crippen LogP contribution < -0.4 is 4.74 Å². The van der Waals surface area contributed by atoms with Crippen LogP contribution in [0.3, 0.4) is 0 Å². The molecule has 2 aromatic carbocycles. The summed E-state index contributed by atoms with van der Waals surface area (Å²) < 4.78 is 37.3. The van der Waals surface area contributed by atoms with Crippen LogP contribution in [0.2, 0.25) is 0 Å². The van der Waals surface area contributed by atoms with Gasteiger partial charge in [-0.3, -0.25) is 4.79 Å². The van der Waals surface area contributed by atoms with E-state index in [-0.39, 0.29) is 30.3 Å². The fourth-order valence-corrected chi connectivity index (χ4v) is 4.95. The molecule has 32 heavy (non-hydrogen) atoms. The average Bonchev–Trinajstić information content (AvgIpc) is 3.32. The van der Waals surface area contributed by atoms with Gasteiger partial charge in [-0.15, -0.1) is 0 Å². The molecule has 0 aliphatic carbocycles. The lowest BCUT2D eigenvalue weighted by Gasteiger charge is -2.34. The number of ether oxygens (including phenoxy) is 1. The fraction of sp³-hybridized carbons (Fsp3) is 0.318. The van der Waals surface area contributed by atoms with Gasteiger partial charge in [0.05, 0.1) is 12.0 Å². The second kappa shape index (κ2) is 9.49. The Balaban J connectivity index is 1.29. The van der Waals surface area contributed by atoms with E-state index in [0.717, 1.165) is 11.3 Å². The highest BCUT2D eigenvalue weighted by Gasteiger charge is 2.30. The molecule has 1 amide bonds. The monoisotopic (exact) mass is 456 g/mol. The molecular weight excluding hydrogens is 432 g/mol. The van der Waals surface area contributed by atoms with E-state index in [1.807, 2.05) is 24.3 Å². The van der Waals surface area contributed by atoms with Gasteiger partial charge in [-0.05, 0) is 36.4 Å². The number of hydrogen-bond acceptors (Lipinski definition) is 7. The number of amides is 1. The van der Waals surface area contributed by atoms with E-state index in [4.69, 9.17) is 9.26 Å². The van der Waals surface area contributed by atoms with Gasteiger partial charge in [0.15, 0.2) is 0 Å². The average molecular weight is 457 g/mol. The number of nitrogens with zero attached hydrogens (tertiary/aromatic N) is 4. The minimum Gasteiger partial charge on any atom is -0.497 e. The highest BCUT2D eigenvalue weighted by atomic mass is 32.2. The third-order valence-electron chi connectivity index (χ3n) is 5.34. The summed E-state index contributed by atoms with van der Waals surface area (Å²) in [7, 11) is -1.94. The summed E-state index contributed by atoms with van der Waals surface area (Å²) in [6, 6.07) is 15.6. The number of benzene rings is 2. The van der Waals surface area contributed by atoms with E-state index in [1.54, 1.807) is 42.3 Å². The van der Waals surface area contributed by atoms with Crippen LogP contribution in [0.15, 0.2) is 64.0 Å². The van der Waals surface area contributed by atoms with Crippen LogP contribution in [0.25, 0.3) is 11.4 Å². The molecule has 1 saturated heterocycles. The van der Waals surface area contributed by atoms with Crippen molar-refractivity contribution in [1.29, 1.82) is 0 Å². The van der Waals surface area contributed by atoms with Crippen molar-refractivity contribution < 1.29 is 22.5 Å². The smallest absolute Gasteiger partial charge is 0.243 e. The van der Waals surface area contributed by atoms with Gasteiger partial charge in [-0.2, -0.15) is 9.29 Å². The molecule has 0 N–H and O–H groups in total. The first kappa shape index (κ1) is 22.0. The molecule has 0 unspecified atom stereocenters. The van der Waals surface area contributed by atoms with Gasteiger partial charge in [0, 0.05) is 44.6 Å². The molecule has 1 aliphatic rings. The van der Waals surface area contributed by atoms with Crippen molar-refractivity contribution in [3.63, 3.8) is 0 Å². The summed E-state index contributed by atoms with van der Waals surface area (Å²) in [5.41, 5.74) is 0.794. The lowest BCUT2D eigenvalue weighted by atomic mass is 10.2. The molecule has 3 aromatic rings. The summed E-state index contributed by atoms with van der Waals surface area (Å²) in [4.78, 5) is 18.9. The lowest BCUT2D eigenvalue weighted by molar-refractivity contribution is -0.132. The minimum atomic E-state index is -3.54. The molecule has 1 aliphatic heterocycles. The van der Waals surface area contributed by atoms with Gasteiger partial charge >= 0.3 is 0 Å². The Kier molecular flexibility index (Phi) is 6.52. The second-order valence-corrected chi connectivity index (χ2v) is 9.28. The number of aromatic nitrogens is 2. The molecule has 0 bridgehead atoms. The molecule has 1 fully saturated rings. The Morgan fingerprint density at radius 3 is 2.38 bits per heavy atom. The van der Waals surface area contributed by atoms with E-state index in [0.29, 0.717) is 31.2 Å². The molecule has 0 atom stereocenters. The second-order valence-electron chi connectivity index (χ2n) is 7.34. The largest absolute Gasteiger partial charge is 0.497 e. The molecule has 168 valence electrons. The molecule has 9 nitrogen and oxygen atoms in total. The number of methoxy groups -OCH3 is 1. The third-order valence-corrected chi connectivity index (χ3v) is 7.25. The van der Waals surface area contributed by atoms with E-state index in [9.17, 15) is 13.2 Å². The first-order valence-electron chi connectivity index (χ1n) is 10.3. The van der Waals surface area contributed by atoms with Crippen LogP contribution >= 0.6 is 0 Å². The van der Waals surface area contributed by atoms with Crippen LogP contribution in [-0.2, 0) is 21.2 Å². The predicted molar refractivity (Wildman–Crippen MR) is 116 cm³/mol. The molecule has 4 rings (SSSR count). The molecular formula is C22H24N4O5S. The molecule has 0 radical (unpaired) electrons. The predicted octanol–water partition coefficient (Wildman–Crippen LogP) is 2.21. The third kappa shape index (κ3) is 4.81. The number of carbonyl (C=O) groups is 1. The number of rotatable bonds is 7. The maximum Gasteiger partial charge on any atom is 0.243 e. The van der Waals surface area contributed by atoms with E-state index in [1.165, 1.54) is 4.31 Å². The SMILES string of the molecule is COc1ccc(-c2noc(CCC(=O)N3CCN(S(=O)(=O)c4ccccc4)CC3)n2)cc1. The zero-order chi connectivity index (χ0) is 22.6. The highest BCUT2D eigenvalue weighted by Crippen LogP contribution is 2.21. The number of carbonyl (C=O) groups excluding carboxylic acids is 1. The van der Waals surface area contributed by atoms with Crippen LogP contribution in [0.5, 0.6) is 5.75 Å². The van der Waals surface area contributed by atoms with Crippen LogP contribution in [0, 0.1) is 0 Å². The van der Waals surface area contributed by atoms with Crippen LogP contribution in [-0.4, -0.2) is 67.0 Å². The maximum absolute atomic E-state index is 12.7. The van der Waals surface area contributed by atoms with Gasteiger partial charge in [-0.1, -0.05) is 23.4 Å². The minimum absolute atomic E-state index is 0.0639. The van der Waals surface area contributed by atoms with Gasteiger partial charge in [0.2, 0.25) is 27.6 Å². The van der Waals surface area contributed by atoms with Crippen molar-refractivity contribution in [2.24, 2.45) is 0 Å². The Morgan fingerprint density at radius 1 is 1.03 bits per heavy atom. The van der Waals surface area contributed by atoms with E-state index < -0.39 is 10.0 Å². The molecule has 1 aromatic heterocycles. The number of aryl methyl sites for hydroxylation is 1. The topological polar surface area (TPSA) is 106 Å². The van der Waals surface area contributed by atoms with E-state index in [2.05, 4.69) is 10.1 Å². The molecule has 0 spiro atoms. The van der Waals surface area contributed by atoms with Crippen molar-refractivity contribution in [2.75, 3.05) is 33.3 Å². The standard InChI is InChI=1S/C22H24N4O5S/c1-30-18-9-7-17(8-10-18)22-23-20(31-24-22)11-12-21(27)25-13-15-26(16-14-25)32(28,29)19-5-3-2-4-6-19/h2-10H,11-16H2,1H3. The summed E-state index contributed by atoms with van der Waals surface area (Å²) >= 11 is 0. The normalized spacial score (nSPS) is 15.0. The van der Waals surface area contributed by atoms with Crippen molar-refractivity contribution in [3.05, 3.63) is 60.5 Å². The first-order chi connectivity index (χ1) is 15.5. The zero-order valence-corrected chi connectivity index (χ0v) is 18.5. The number of sulfonamides is 1. The maximum atomic E-state index is 12.7. The lowest BCUT2D eigenvalue weighted by Crippen LogP contribution is -2.50. The van der Waals surface area contributed by atoms with Crippen molar-refractivity contribution >= 4 is 15.9 Å². The molecule has 0 saturated carbocycles. The van der Waals surface area contributed by atoms with Crippen molar-refractivity contribution in [3.8, 4) is 17.1 Å². The Labute approximate surface area is 186 Å². The highest BCUT2D eigenvalue weighted by molar-refractivity contribution is 7.89. The summed E-state index contributed by atoms with van der Waals surface area (Å²) in [5.74, 6) is 1.51.